The summed E-state index contributed by atoms with van der Waals surface area (Å²) in [4.78, 5) is 57.3. The number of benzene rings is 2. The van der Waals surface area contributed by atoms with Crippen LogP contribution < -0.4 is 5.32 Å². The Morgan fingerprint density at radius 3 is 2.00 bits per heavy atom. The Kier molecular flexibility index (Phi) is 11.5. The molecule has 0 aromatic heterocycles. The van der Waals surface area contributed by atoms with Gasteiger partial charge in [0.25, 0.3) is 0 Å². The minimum absolute atomic E-state index is 0.0112. The van der Waals surface area contributed by atoms with Crippen molar-refractivity contribution in [3.05, 3.63) is 86.7 Å². The molecule has 13 heteroatoms. The van der Waals surface area contributed by atoms with E-state index in [1.54, 1.807) is 53.4 Å². The largest absolute Gasteiger partial charge is 0.466 e. The van der Waals surface area contributed by atoms with Crippen molar-refractivity contribution < 1.29 is 32.9 Å². The first-order valence-corrected chi connectivity index (χ1v) is 17.5. The number of ketones is 1. The maximum Gasteiger partial charge on any atom is 0.336 e. The predicted molar refractivity (Wildman–Crippen MR) is 178 cm³/mol. The van der Waals surface area contributed by atoms with Crippen LogP contribution in [0.15, 0.2) is 76.0 Å². The van der Waals surface area contributed by atoms with Crippen molar-refractivity contribution in [2.24, 2.45) is 0 Å². The topological polar surface area (TPSA) is 122 Å². The Labute approximate surface area is 286 Å². The molecule has 2 aliphatic heterocycles. The number of ether oxygens (including phenoxy) is 2. The zero-order valence-electron chi connectivity index (χ0n) is 26.3. The number of piperazine rings is 1. The monoisotopic (exact) mass is 701 g/mol. The van der Waals surface area contributed by atoms with Gasteiger partial charge in [0.1, 0.15) is 5.78 Å². The molecule has 2 aromatic rings. The van der Waals surface area contributed by atoms with Crippen LogP contribution in [0.3, 0.4) is 0 Å². The molecule has 0 radical (unpaired) electrons. The first-order valence-electron chi connectivity index (χ1n) is 15.4. The van der Waals surface area contributed by atoms with Crippen molar-refractivity contribution in [3.63, 3.8) is 0 Å². The fourth-order valence-electron chi connectivity index (χ4n) is 6.52. The van der Waals surface area contributed by atoms with E-state index in [1.165, 1.54) is 14.2 Å². The Morgan fingerprint density at radius 1 is 0.851 bits per heavy atom. The molecular formula is C34H37Cl2N3O7S. The van der Waals surface area contributed by atoms with Crippen LogP contribution in [-0.2, 0) is 39.5 Å². The quantitative estimate of drug-likeness (QED) is 0.380. The summed E-state index contributed by atoms with van der Waals surface area (Å²) in [6.07, 6.45) is 2.63. The van der Waals surface area contributed by atoms with Gasteiger partial charge in [-0.05, 0) is 37.1 Å². The van der Waals surface area contributed by atoms with Gasteiger partial charge in [-0.15, -0.1) is 0 Å². The summed E-state index contributed by atoms with van der Waals surface area (Å²) >= 11 is 13.4. The van der Waals surface area contributed by atoms with Gasteiger partial charge in [0.2, 0.25) is 5.91 Å². The van der Waals surface area contributed by atoms with Gasteiger partial charge in [-0.1, -0.05) is 47.5 Å². The Balaban J connectivity index is 1.52. The Morgan fingerprint density at radius 2 is 1.43 bits per heavy atom. The van der Waals surface area contributed by atoms with Crippen molar-refractivity contribution in [1.29, 1.82) is 0 Å². The molecule has 2 unspecified atom stereocenters. The maximum atomic E-state index is 13.9. The number of nitrogens with zero attached hydrogens (tertiary/aromatic N) is 2. The van der Waals surface area contributed by atoms with Gasteiger partial charge in [0.05, 0.1) is 54.3 Å². The lowest BCUT2D eigenvalue weighted by Gasteiger charge is -2.41. The molecule has 47 heavy (non-hydrogen) atoms. The average molecular weight is 703 g/mol. The highest BCUT2D eigenvalue weighted by atomic mass is 35.5. The zero-order chi connectivity index (χ0) is 33.7. The van der Waals surface area contributed by atoms with E-state index in [0.29, 0.717) is 55.7 Å². The van der Waals surface area contributed by atoms with Crippen LogP contribution in [-0.4, -0.2) is 89.8 Å². The first kappa shape index (κ1) is 34.8. The van der Waals surface area contributed by atoms with E-state index >= 15 is 0 Å². The second kappa shape index (κ2) is 15.6. The van der Waals surface area contributed by atoms with Gasteiger partial charge in [0.15, 0.2) is 0 Å². The average Bonchev–Trinajstić information content (AvgIpc) is 3.08. The van der Waals surface area contributed by atoms with E-state index in [-0.39, 0.29) is 56.2 Å². The van der Waals surface area contributed by atoms with Crippen LogP contribution in [0.5, 0.6) is 0 Å². The lowest BCUT2D eigenvalue weighted by Crippen LogP contribution is -2.53. The van der Waals surface area contributed by atoms with Crippen molar-refractivity contribution in [1.82, 2.24) is 15.1 Å². The van der Waals surface area contributed by atoms with Crippen LogP contribution in [0.4, 0.5) is 0 Å². The zero-order valence-corrected chi connectivity index (χ0v) is 28.6. The number of amides is 1. The highest BCUT2D eigenvalue weighted by Crippen LogP contribution is 2.45. The number of methoxy groups -OCH3 is 2. The molecule has 2 heterocycles. The summed E-state index contributed by atoms with van der Waals surface area (Å²) in [7, 11) is 0.792. The second-order valence-corrected chi connectivity index (χ2v) is 13.9. The van der Waals surface area contributed by atoms with E-state index in [2.05, 4.69) is 10.2 Å². The molecular weight excluding hydrogens is 665 g/mol. The van der Waals surface area contributed by atoms with Crippen LogP contribution in [0, 0.1) is 0 Å². The molecule has 2 fully saturated rings. The summed E-state index contributed by atoms with van der Waals surface area (Å²) in [5, 5.41) is 3.51. The van der Waals surface area contributed by atoms with E-state index in [1.807, 2.05) is 0 Å². The van der Waals surface area contributed by atoms with E-state index in [0.717, 1.165) is 12.8 Å². The summed E-state index contributed by atoms with van der Waals surface area (Å²) < 4.78 is 24.0. The summed E-state index contributed by atoms with van der Waals surface area (Å²) in [5.41, 5.74) is 0.639. The molecule has 3 aliphatic rings. The predicted octanol–water partition coefficient (Wildman–Crippen LogP) is 4.39. The molecule has 5 rings (SSSR count). The summed E-state index contributed by atoms with van der Waals surface area (Å²) in [6.45, 7) is 2.31. The number of Topliss-reactive ketones (excluding diaryl/α,β-unsaturated/α-hetero) is 1. The number of rotatable bonds is 9. The number of carbonyl (C=O) groups excluding carboxylic acids is 4. The number of esters is 2. The van der Waals surface area contributed by atoms with Gasteiger partial charge in [-0.25, -0.2) is 9.59 Å². The smallest absolute Gasteiger partial charge is 0.336 e. The molecule has 2 atom stereocenters. The van der Waals surface area contributed by atoms with Crippen molar-refractivity contribution >= 4 is 57.6 Å². The molecule has 1 amide bonds. The minimum Gasteiger partial charge on any atom is -0.466 e. The molecule has 1 N–H and O–H groups in total. The number of hydrogen-bond donors (Lipinski definition) is 1. The van der Waals surface area contributed by atoms with E-state index < -0.39 is 28.7 Å². The number of hydrogen-bond acceptors (Lipinski definition) is 9. The second-order valence-electron chi connectivity index (χ2n) is 11.6. The minimum atomic E-state index is -1.62. The summed E-state index contributed by atoms with van der Waals surface area (Å²) in [5.74, 6) is -2.84. The Bertz CT molecular complexity index is 1610. The van der Waals surface area contributed by atoms with E-state index in [9.17, 15) is 23.4 Å². The molecule has 1 saturated carbocycles. The fraction of sp³-hybridized carbons (Fsp3) is 0.412. The standard InChI is InChI=1S/C34H37Cl2N3O7S/c1-45-33(42)30-26(19-28(41)39-17-15-38(16-18-39)21-11-13-22(40)14-12-21)37-27(20-47(44)23-7-4-3-5-8-23)31(34(43)46-2)32(30)29-24(35)9-6-10-25(29)36/h3-10,21,32,37H,11-20H2,1-2H3. The van der Waals surface area contributed by atoms with Crippen LogP contribution in [0.1, 0.15) is 43.6 Å². The van der Waals surface area contributed by atoms with Crippen molar-refractivity contribution in [3.8, 4) is 0 Å². The molecule has 250 valence electrons. The normalized spacial score (nSPS) is 20.1. The molecule has 0 bridgehead atoms. The molecule has 1 aliphatic carbocycles. The highest BCUT2D eigenvalue weighted by molar-refractivity contribution is 7.85. The van der Waals surface area contributed by atoms with Crippen LogP contribution >= 0.6 is 23.2 Å². The van der Waals surface area contributed by atoms with E-state index in [4.69, 9.17) is 32.7 Å². The Hall–Kier alpha value is -3.51. The SMILES string of the molecule is COC(=O)C1=C(CC(=O)N2CCN(C3CCC(=O)CC3)CC2)NC(CS(=O)c2ccccc2)=C(C(=O)OC)C1c1c(Cl)cccc1Cl. The highest BCUT2D eigenvalue weighted by Gasteiger charge is 2.42. The van der Waals surface area contributed by atoms with Crippen LogP contribution in [0.2, 0.25) is 10.0 Å². The number of carbonyl (C=O) groups is 4. The number of nitrogens with one attached hydrogen (secondary N) is 1. The third kappa shape index (κ3) is 7.80. The molecule has 0 spiro atoms. The molecule has 2 aromatic carbocycles. The number of dihydropyridines is 1. The van der Waals surface area contributed by atoms with Gasteiger partial charge < -0.3 is 19.7 Å². The van der Waals surface area contributed by atoms with Gasteiger partial charge in [0, 0.05) is 77.0 Å². The first-order chi connectivity index (χ1) is 22.6. The lowest BCUT2D eigenvalue weighted by molar-refractivity contribution is -0.137. The van der Waals surface area contributed by atoms with Crippen molar-refractivity contribution in [2.45, 2.75) is 49.0 Å². The van der Waals surface area contributed by atoms with Crippen LogP contribution in [0.25, 0.3) is 0 Å². The molecule has 10 nitrogen and oxygen atoms in total. The summed E-state index contributed by atoms with van der Waals surface area (Å²) in [6, 6.07) is 13.9. The van der Waals surface area contributed by atoms with Gasteiger partial charge >= 0.3 is 11.9 Å². The maximum absolute atomic E-state index is 13.9. The molecule has 1 saturated heterocycles. The third-order valence-corrected chi connectivity index (χ3v) is 10.9. The van der Waals surface area contributed by atoms with Gasteiger partial charge in [-0.2, -0.15) is 0 Å². The van der Waals surface area contributed by atoms with Gasteiger partial charge in [-0.3, -0.25) is 18.7 Å². The fourth-order valence-corrected chi connectivity index (χ4v) is 8.25. The lowest BCUT2D eigenvalue weighted by atomic mass is 9.79. The third-order valence-electron chi connectivity index (χ3n) is 8.93. The van der Waals surface area contributed by atoms with Crippen molar-refractivity contribution in [2.75, 3.05) is 46.2 Å². The number of halogens is 2.